The van der Waals surface area contributed by atoms with E-state index in [1.807, 2.05) is 0 Å². The van der Waals surface area contributed by atoms with Gasteiger partial charge in [0.2, 0.25) is 0 Å². The third-order valence-electron chi connectivity index (χ3n) is 3.97. The molecule has 0 aromatic heterocycles. The van der Waals surface area contributed by atoms with Gasteiger partial charge < -0.3 is 19.5 Å². The van der Waals surface area contributed by atoms with Crippen molar-refractivity contribution in [2.24, 2.45) is 5.92 Å². The molecule has 1 amide bonds. The maximum Gasteiger partial charge on any atom is 0.342 e. The first kappa shape index (κ1) is 19.2. The van der Waals surface area contributed by atoms with Crippen molar-refractivity contribution in [1.82, 2.24) is 4.90 Å². The summed E-state index contributed by atoms with van der Waals surface area (Å²) in [5.74, 6) is -1.73. The van der Waals surface area contributed by atoms with Crippen LogP contribution in [-0.2, 0) is 19.1 Å². The maximum atomic E-state index is 12.1. The zero-order valence-electron chi connectivity index (χ0n) is 13.9. The number of hydrogen-bond donors (Lipinski definition) is 1. The van der Waals surface area contributed by atoms with Crippen molar-refractivity contribution in [3.8, 4) is 5.75 Å². The predicted molar refractivity (Wildman–Crippen MR) is 92.0 cm³/mol. The molecule has 1 aliphatic rings. The van der Waals surface area contributed by atoms with Crippen LogP contribution < -0.4 is 0 Å². The van der Waals surface area contributed by atoms with Gasteiger partial charge in [0.15, 0.2) is 6.61 Å². The number of piperidine rings is 1. The number of ether oxygens (including phenoxy) is 2. The van der Waals surface area contributed by atoms with Crippen LogP contribution in [0.4, 0.5) is 0 Å². The Labute approximate surface area is 154 Å². The third-order valence-corrected chi connectivity index (χ3v) is 4.47. The van der Waals surface area contributed by atoms with Crippen LogP contribution in [0.3, 0.4) is 0 Å². The van der Waals surface area contributed by atoms with E-state index in [4.69, 9.17) is 9.47 Å². The van der Waals surface area contributed by atoms with Crippen molar-refractivity contribution in [1.29, 1.82) is 0 Å². The lowest BCUT2D eigenvalue weighted by atomic mass is 9.97. The maximum absolute atomic E-state index is 12.1. The molecule has 0 radical (unpaired) electrons. The number of hydrogen-bond acceptors (Lipinski definition) is 6. The Morgan fingerprint density at radius 2 is 1.92 bits per heavy atom. The Morgan fingerprint density at radius 1 is 1.24 bits per heavy atom. The van der Waals surface area contributed by atoms with Gasteiger partial charge in [-0.3, -0.25) is 9.59 Å². The van der Waals surface area contributed by atoms with Gasteiger partial charge in [0.25, 0.3) is 5.91 Å². The highest BCUT2D eigenvalue weighted by molar-refractivity contribution is 9.10. The Morgan fingerprint density at radius 3 is 2.56 bits per heavy atom. The molecule has 1 N–H and O–H groups in total. The molecule has 7 nitrogen and oxygen atoms in total. The van der Waals surface area contributed by atoms with Crippen LogP contribution in [0.2, 0.25) is 0 Å². The standard InChI is InChI=1S/C17H20BrNO6/c1-2-24-16(22)11-5-7-19(8-6-11)15(21)10-25-17(23)13-9-12(18)3-4-14(13)20/h3-4,9,11,20H,2,5-8,10H2,1H3. The van der Waals surface area contributed by atoms with E-state index in [2.05, 4.69) is 15.9 Å². The van der Waals surface area contributed by atoms with E-state index in [1.54, 1.807) is 17.9 Å². The highest BCUT2D eigenvalue weighted by Crippen LogP contribution is 2.23. The highest BCUT2D eigenvalue weighted by atomic mass is 79.9. The predicted octanol–water partition coefficient (Wildman–Crippen LogP) is 2.11. The summed E-state index contributed by atoms with van der Waals surface area (Å²) in [5.41, 5.74) is -0.0109. The minimum atomic E-state index is -0.770. The van der Waals surface area contributed by atoms with Crippen molar-refractivity contribution < 1.29 is 29.0 Å². The van der Waals surface area contributed by atoms with Crippen LogP contribution in [0, 0.1) is 5.92 Å². The molecule has 1 aliphatic heterocycles. The van der Waals surface area contributed by atoms with Crippen molar-refractivity contribution >= 4 is 33.8 Å². The summed E-state index contributed by atoms with van der Waals surface area (Å²) >= 11 is 3.20. The number of nitrogens with zero attached hydrogens (tertiary/aromatic N) is 1. The number of carbonyl (C=O) groups is 3. The Kier molecular flexibility index (Phi) is 6.81. The van der Waals surface area contributed by atoms with Gasteiger partial charge in [-0.25, -0.2) is 4.79 Å². The van der Waals surface area contributed by atoms with Crippen molar-refractivity contribution in [2.45, 2.75) is 19.8 Å². The van der Waals surface area contributed by atoms with Crippen LogP contribution in [0.1, 0.15) is 30.1 Å². The minimum Gasteiger partial charge on any atom is -0.507 e. The molecule has 0 spiro atoms. The molecule has 2 rings (SSSR count). The van der Waals surface area contributed by atoms with Crippen LogP contribution in [0.5, 0.6) is 5.75 Å². The highest BCUT2D eigenvalue weighted by Gasteiger charge is 2.28. The van der Waals surface area contributed by atoms with E-state index in [-0.39, 0.29) is 29.1 Å². The lowest BCUT2D eigenvalue weighted by molar-refractivity contribution is -0.151. The number of benzene rings is 1. The average Bonchev–Trinajstić information content (AvgIpc) is 2.61. The van der Waals surface area contributed by atoms with Gasteiger partial charge in [0.05, 0.1) is 12.5 Å². The summed E-state index contributed by atoms with van der Waals surface area (Å²) in [4.78, 5) is 37.4. The molecule has 0 unspecified atom stereocenters. The number of phenols is 1. The molecule has 0 bridgehead atoms. The second kappa shape index (κ2) is 8.84. The number of phenolic OH excluding ortho intramolecular Hbond substituents is 1. The molecule has 0 atom stereocenters. The van der Waals surface area contributed by atoms with E-state index in [0.717, 1.165) is 0 Å². The van der Waals surface area contributed by atoms with Gasteiger partial charge in [-0.15, -0.1) is 0 Å². The Bertz CT molecular complexity index is 655. The molecular formula is C17H20BrNO6. The molecule has 1 fully saturated rings. The zero-order chi connectivity index (χ0) is 18.4. The first-order valence-electron chi connectivity index (χ1n) is 8.02. The topological polar surface area (TPSA) is 93.1 Å². The fraction of sp³-hybridized carbons (Fsp3) is 0.471. The lowest BCUT2D eigenvalue weighted by Crippen LogP contribution is -2.42. The molecular weight excluding hydrogens is 394 g/mol. The Balaban J connectivity index is 1.82. The third kappa shape index (κ3) is 5.19. The quantitative estimate of drug-likeness (QED) is 0.742. The average molecular weight is 414 g/mol. The van der Waals surface area contributed by atoms with Crippen LogP contribution >= 0.6 is 15.9 Å². The van der Waals surface area contributed by atoms with E-state index in [1.165, 1.54) is 12.1 Å². The number of esters is 2. The monoisotopic (exact) mass is 413 g/mol. The molecule has 1 saturated heterocycles. The van der Waals surface area contributed by atoms with Crippen molar-refractivity contribution in [2.75, 3.05) is 26.3 Å². The van der Waals surface area contributed by atoms with Gasteiger partial charge in [0.1, 0.15) is 11.3 Å². The summed E-state index contributed by atoms with van der Waals surface area (Å²) in [6, 6.07) is 4.38. The van der Waals surface area contributed by atoms with Gasteiger partial charge >= 0.3 is 11.9 Å². The van der Waals surface area contributed by atoms with Gasteiger partial charge in [-0.2, -0.15) is 0 Å². The summed E-state index contributed by atoms with van der Waals surface area (Å²) in [7, 11) is 0. The molecule has 25 heavy (non-hydrogen) atoms. The lowest BCUT2D eigenvalue weighted by Gasteiger charge is -2.30. The summed E-state index contributed by atoms with van der Waals surface area (Å²) in [6.45, 7) is 2.53. The smallest absolute Gasteiger partial charge is 0.342 e. The molecule has 0 aliphatic carbocycles. The van der Waals surface area contributed by atoms with E-state index < -0.39 is 12.6 Å². The van der Waals surface area contributed by atoms with E-state index in [9.17, 15) is 19.5 Å². The second-order valence-corrected chi connectivity index (χ2v) is 6.56. The van der Waals surface area contributed by atoms with E-state index >= 15 is 0 Å². The fourth-order valence-electron chi connectivity index (χ4n) is 2.59. The number of rotatable bonds is 5. The zero-order valence-corrected chi connectivity index (χ0v) is 15.5. The molecule has 1 heterocycles. The van der Waals surface area contributed by atoms with E-state index in [0.29, 0.717) is 37.0 Å². The van der Waals surface area contributed by atoms with Crippen LogP contribution in [0.25, 0.3) is 0 Å². The van der Waals surface area contributed by atoms with Crippen molar-refractivity contribution in [3.63, 3.8) is 0 Å². The van der Waals surface area contributed by atoms with Crippen LogP contribution in [0.15, 0.2) is 22.7 Å². The van der Waals surface area contributed by atoms with Gasteiger partial charge in [-0.05, 0) is 38.0 Å². The first-order valence-corrected chi connectivity index (χ1v) is 8.81. The number of halogens is 1. The summed E-state index contributed by atoms with van der Waals surface area (Å²) in [6.07, 6.45) is 1.07. The molecule has 8 heteroatoms. The van der Waals surface area contributed by atoms with Gasteiger partial charge in [-0.1, -0.05) is 15.9 Å². The number of likely N-dealkylation sites (tertiary alicyclic amines) is 1. The largest absolute Gasteiger partial charge is 0.507 e. The minimum absolute atomic E-state index is 0.0109. The summed E-state index contributed by atoms with van der Waals surface area (Å²) in [5, 5.41) is 9.68. The van der Waals surface area contributed by atoms with Crippen LogP contribution in [-0.4, -0.2) is 54.2 Å². The molecule has 1 aromatic carbocycles. The SMILES string of the molecule is CCOC(=O)C1CCN(C(=O)COC(=O)c2cc(Br)ccc2O)CC1. The Hall–Kier alpha value is -2.09. The molecule has 0 saturated carbocycles. The number of amides is 1. The van der Waals surface area contributed by atoms with Gasteiger partial charge in [0, 0.05) is 17.6 Å². The second-order valence-electron chi connectivity index (χ2n) is 5.64. The summed E-state index contributed by atoms with van der Waals surface area (Å²) < 4.78 is 10.6. The van der Waals surface area contributed by atoms with Crippen molar-refractivity contribution in [3.05, 3.63) is 28.2 Å². The number of aromatic hydroxyl groups is 1. The number of carbonyl (C=O) groups excluding carboxylic acids is 3. The molecule has 1 aromatic rings. The normalized spacial score (nSPS) is 14.9. The first-order chi connectivity index (χ1) is 11.9. The fourth-order valence-corrected chi connectivity index (χ4v) is 2.95. The molecule has 136 valence electrons.